The summed E-state index contributed by atoms with van der Waals surface area (Å²) in [5.74, 6) is -0.104. The van der Waals surface area contributed by atoms with Crippen molar-refractivity contribution in [2.45, 2.75) is 57.2 Å². The number of nitrogens with zero attached hydrogens (tertiary/aromatic N) is 1. The van der Waals surface area contributed by atoms with Gasteiger partial charge in [-0.2, -0.15) is 11.3 Å². The highest BCUT2D eigenvalue weighted by Gasteiger charge is 2.33. The summed E-state index contributed by atoms with van der Waals surface area (Å²) in [6, 6.07) is 15.2. The van der Waals surface area contributed by atoms with Crippen LogP contribution < -0.4 is 5.32 Å². The fraction of sp³-hybridized carbons (Fsp3) is 0.360. The Balaban J connectivity index is 1.64. The maximum absolute atomic E-state index is 13.6. The van der Waals surface area contributed by atoms with Crippen LogP contribution in [0.15, 0.2) is 64.7 Å². The fourth-order valence-electron chi connectivity index (χ4n) is 4.20. The van der Waals surface area contributed by atoms with Gasteiger partial charge in [-0.05, 0) is 52.2 Å². The lowest BCUT2D eigenvalue weighted by atomic mass is 9.94. The molecule has 3 aromatic rings. The number of carbonyl (C=O) groups excluding carboxylic acids is 2. The molecule has 1 aliphatic carbocycles. The van der Waals surface area contributed by atoms with E-state index >= 15 is 0 Å². The van der Waals surface area contributed by atoms with Crippen molar-refractivity contribution in [3.8, 4) is 0 Å². The van der Waals surface area contributed by atoms with Gasteiger partial charge in [0.15, 0.2) is 0 Å². The SMILES string of the molecule is O=C(NC1CCCCC1)[C@H](c1ccccc1)N(Cc1cccs1)C(=O)Cc1ccsc1. The lowest BCUT2D eigenvalue weighted by Gasteiger charge is -2.33. The van der Waals surface area contributed by atoms with Gasteiger partial charge in [-0.15, -0.1) is 11.3 Å². The van der Waals surface area contributed by atoms with E-state index in [9.17, 15) is 9.59 Å². The Morgan fingerprint density at radius 1 is 1.00 bits per heavy atom. The minimum absolute atomic E-state index is 0.0283. The maximum atomic E-state index is 13.6. The Hall–Kier alpha value is -2.44. The van der Waals surface area contributed by atoms with E-state index in [-0.39, 0.29) is 17.9 Å². The molecule has 0 radical (unpaired) electrons. The zero-order chi connectivity index (χ0) is 21.5. The molecule has 2 aromatic heterocycles. The summed E-state index contributed by atoms with van der Waals surface area (Å²) in [5, 5.41) is 9.26. The van der Waals surface area contributed by atoms with Crippen LogP contribution in [0.5, 0.6) is 0 Å². The zero-order valence-electron chi connectivity index (χ0n) is 17.5. The summed E-state index contributed by atoms with van der Waals surface area (Å²) in [6.07, 6.45) is 5.86. The largest absolute Gasteiger partial charge is 0.351 e. The van der Waals surface area contributed by atoms with Gasteiger partial charge in [-0.25, -0.2) is 0 Å². The van der Waals surface area contributed by atoms with Crippen LogP contribution in [0.3, 0.4) is 0 Å². The van der Waals surface area contributed by atoms with Gasteiger partial charge in [0.25, 0.3) is 0 Å². The number of thiophene rings is 2. The first-order valence-electron chi connectivity index (χ1n) is 10.9. The molecular weight excluding hydrogens is 424 g/mol. The Morgan fingerprint density at radius 3 is 2.48 bits per heavy atom. The van der Waals surface area contributed by atoms with Gasteiger partial charge >= 0.3 is 0 Å². The van der Waals surface area contributed by atoms with Gasteiger partial charge in [0.2, 0.25) is 11.8 Å². The highest BCUT2D eigenvalue weighted by molar-refractivity contribution is 7.09. The van der Waals surface area contributed by atoms with Crippen LogP contribution >= 0.6 is 22.7 Å². The predicted octanol–water partition coefficient (Wildman–Crippen LogP) is 5.57. The second-order valence-electron chi connectivity index (χ2n) is 8.07. The Kier molecular flexibility index (Phi) is 7.54. The summed E-state index contributed by atoms with van der Waals surface area (Å²) in [7, 11) is 0. The van der Waals surface area contributed by atoms with E-state index in [0.717, 1.165) is 41.7 Å². The topological polar surface area (TPSA) is 49.4 Å². The number of hydrogen-bond acceptors (Lipinski definition) is 4. The van der Waals surface area contributed by atoms with Gasteiger partial charge < -0.3 is 10.2 Å². The Labute approximate surface area is 191 Å². The molecule has 0 bridgehead atoms. The highest BCUT2D eigenvalue weighted by Crippen LogP contribution is 2.27. The molecule has 4 rings (SSSR count). The molecule has 31 heavy (non-hydrogen) atoms. The molecule has 0 spiro atoms. The first-order valence-corrected chi connectivity index (χ1v) is 12.7. The van der Waals surface area contributed by atoms with E-state index in [1.807, 2.05) is 64.7 Å². The molecule has 0 saturated heterocycles. The average molecular weight is 453 g/mol. The number of carbonyl (C=O) groups is 2. The molecule has 6 heteroatoms. The predicted molar refractivity (Wildman–Crippen MR) is 127 cm³/mol. The normalized spacial score (nSPS) is 15.4. The van der Waals surface area contributed by atoms with Gasteiger partial charge in [0.1, 0.15) is 6.04 Å². The summed E-state index contributed by atoms with van der Waals surface area (Å²) in [4.78, 5) is 29.9. The van der Waals surface area contributed by atoms with Crippen molar-refractivity contribution in [3.05, 3.63) is 80.7 Å². The van der Waals surface area contributed by atoms with Crippen molar-refractivity contribution in [1.82, 2.24) is 10.2 Å². The second kappa shape index (κ2) is 10.7. The molecule has 1 aliphatic rings. The van der Waals surface area contributed by atoms with Crippen LogP contribution in [0.2, 0.25) is 0 Å². The van der Waals surface area contributed by atoms with Crippen molar-refractivity contribution in [2.24, 2.45) is 0 Å². The number of benzene rings is 1. The van der Waals surface area contributed by atoms with Crippen LogP contribution in [0, 0.1) is 0 Å². The van der Waals surface area contributed by atoms with Crippen molar-refractivity contribution in [1.29, 1.82) is 0 Å². The summed E-state index contributed by atoms with van der Waals surface area (Å²) >= 11 is 3.20. The molecule has 162 valence electrons. The molecule has 1 atom stereocenters. The van der Waals surface area contributed by atoms with Crippen LogP contribution in [-0.4, -0.2) is 22.8 Å². The first kappa shape index (κ1) is 21.8. The molecule has 1 N–H and O–H groups in total. The van der Waals surface area contributed by atoms with Crippen LogP contribution in [0.1, 0.15) is 54.1 Å². The number of amides is 2. The second-order valence-corrected chi connectivity index (χ2v) is 9.88. The van der Waals surface area contributed by atoms with Gasteiger partial charge in [-0.1, -0.05) is 55.7 Å². The van der Waals surface area contributed by atoms with Gasteiger partial charge in [-0.3, -0.25) is 9.59 Å². The van der Waals surface area contributed by atoms with Crippen LogP contribution in [0.25, 0.3) is 0 Å². The van der Waals surface area contributed by atoms with Crippen molar-refractivity contribution in [2.75, 3.05) is 0 Å². The molecule has 0 unspecified atom stereocenters. The molecule has 1 saturated carbocycles. The molecule has 1 aromatic carbocycles. The lowest BCUT2D eigenvalue weighted by Crippen LogP contribution is -2.47. The maximum Gasteiger partial charge on any atom is 0.247 e. The third-order valence-corrected chi connectivity index (χ3v) is 7.38. The average Bonchev–Trinajstić information content (AvgIpc) is 3.49. The Morgan fingerprint density at radius 2 is 1.81 bits per heavy atom. The fourth-order valence-corrected chi connectivity index (χ4v) is 5.57. The third-order valence-electron chi connectivity index (χ3n) is 5.79. The molecule has 0 aliphatic heterocycles. The van der Waals surface area contributed by atoms with Gasteiger partial charge in [0, 0.05) is 10.9 Å². The number of nitrogens with one attached hydrogen (secondary N) is 1. The van der Waals surface area contributed by atoms with E-state index in [0.29, 0.717) is 13.0 Å². The van der Waals surface area contributed by atoms with Crippen molar-refractivity contribution < 1.29 is 9.59 Å². The first-order chi connectivity index (χ1) is 15.2. The van der Waals surface area contributed by atoms with Crippen molar-refractivity contribution in [3.63, 3.8) is 0 Å². The number of rotatable bonds is 8. The standard InChI is InChI=1S/C25H28N2O2S2/c28-23(16-19-13-15-30-18-19)27(17-22-12-7-14-31-22)24(20-8-3-1-4-9-20)25(29)26-21-10-5-2-6-11-21/h1,3-4,7-9,12-15,18,21,24H,2,5-6,10-11,16-17H2,(H,26,29)/t24-/m0/s1. The molecule has 4 nitrogen and oxygen atoms in total. The van der Waals surface area contributed by atoms with Crippen LogP contribution in [0.4, 0.5) is 0 Å². The van der Waals surface area contributed by atoms with E-state index in [1.54, 1.807) is 27.6 Å². The molecular formula is C25H28N2O2S2. The minimum Gasteiger partial charge on any atom is -0.351 e. The minimum atomic E-state index is -0.642. The zero-order valence-corrected chi connectivity index (χ0v) is 19.2. The van der Waals surface area contributed by atoms with Gasteiger partial charge in [0.05, 0.1) is 13.0 Å². The highest BCUT2D eigenvalue weighted by atomic mass is 32.1. The number of hydrogen-bond donors (Lipinski definition) is 1. The van der Waals surface area contributed by atoms with E-state index in [1.165, 1.54) is 6.42 Å². The molecule has 2 amide bonds. The Bertz CT molecular complexity index is 949. The van der Waals surface area contributed by atoms with E-state index in [2.05, 4.69) is 5.32 Å². The summed E-state index contributed by atoms with van der Waals surface area (Å²) in [5.41, 5.74) is 1.84. The van der Waals surface area contributed by atoms with Crippen molar-refractivity contribution >= 4 is 34.5 Å². The van der Waals surface area contributed by atoms with E-state index < -0.39 is 6.04 Å². The summed E-state index contributed by atoms with van der Waals surface area (Å²) in [6.45, 7) is 0.429. The summed E-state index contributed by atoms with van der Waals surface area (Å²) < 4.78 is 0. The van der Waals surface area contributed by atoms with E-state index in [4.69, 9.17) is 0 Å². The quantitative estimate of drug-likeness (QED) is 0.486. The molecule has 2 heterocycles. The third kappa shape index (κ3) is 5.83. The monoisotopic (exact) mass is 452 g/mol. The smallest absolute Gasteiger partial charge is 0.247 e. The van der Waals surface area contributed by atoms with Crippen LogP contribution in [-0.2, 0) is 22.6 Å². The lowest BCUT2D eigenvalue weighted by molar-refractivity contribution is -0.141. The molecule has 1 fully saturated rings.